The first kappa shape index (κ1) is 18.7. The molecule has 1 aromatic carbocycles. The lowest BCUT2D eigenvalue weighted by molar-refractivity contribution is 0.0409. The smallest absolute Gasteiger partial charge is 0.408 e. The maximum atomic E-state index is 13.9. The first-order valence-electron chi connectivity index (χ1n) is 8.53. The molecule has 5 heteroatoms. The maximum Gasteiger partial charge on any atom is 0.408 e. The molecule has 1 heterocycles. The second kappa shape index (κ2) is 7.09. The zero-order valence-electron chi connectivity index (χ0n) is 15.3. The number of halogens is 1. The molecule has 0 spiro atoms. The predicted octanol–water partition coefficient (Wildman–Crippen LogP) is 3.93. The highest BCUT2D eigenvalue weighted by Crippen LogP contribution is 2.34. The Hall–Kier alpha value is -1.62. The van der Waals surface area contributed by atoms with Gasteiger partial charge in [-0.15, -0.1) is 0 Å². The van der Waals surface area contributed by atoms with Crippen molar-refractivity contribution in [3.63, 3.8) is 0 Å². The molecule has 1 aliphatic heterocycles. The monoisotopic (exact) mass is 336 g/mol. The fourth-order valence-electron chi connectivity index (χ4n) is 3.22. The average Bonchev–Trinajstić information content (AvgIpc) is 2.82. The molecule has 1 aliphatic rings. The number of likely N-dealkylation sites (tertiary alicyclic amines) is 1. The van der Waals surface area contributed by atoms with E-state index in [1.807, 2.05) is 25.1 Å². The number of carbonyl (C=O) groups is 1. The number of hydrogen-bond acceptors (Lipinski definition) is 3. The first-order valence-corrected chi connectivity index (χ1v) is 8.53. The van der Waals surface area contributed by atoms with Gasteiger partial charge in [-0.1, -0.05) is 37.3 Å². The van der Waals surface area contributed by atoms with Gasteiger partial charge in [0.2, 0.25) is 0 Å². The second-order valence-corrected chi connectivity index (χ2v) is 7.83. The number of rotatable bonds is 4. The van der Waals surface area contributed by atoms with Crippen LogP contribution in [0.2, 0.25) is 0 Å². The number of alkyl halides is 1. The topological polar surface area (TPSA) is 41.6 Å². The molecule has 134 valence electrons. The number of nitrogens with zero attached hydrogens (tertiary/aromatic N) is 1. The number of hydrogen-bond donors (Lipinski definition) is 1. The first-order chi connectivity index (χ1) is 11.2. The van der Waals surface area contributed by atoms with E-state index in [1.165, 1.54) is 5.56 Å². The van der Waals surface area contributed by atoms with E-state index in [9.17, 15) is 9.18 Å². The van der Waals surface area contributed by atoms with Crippen LogP contribution in [0.25, 0.3) is 0 Å². The molecule has 1 amide bonds. The second-order valence-electron chi connectivity index (χ2n) is 7.83. The molecule has 1 fully saturated rings. The van der Waals surface area contributed by atoms with Crippen LogP contribution in [-0.2, 0) is 4.74 Å². The van der Waals surface area contributed by atoms with Gasteiger partial charge in [0.1, 0.15) is 12.3 Å². The molecule has 0 aromatic heterocycles. The summed E-state index contributed by atoms with van der Waals surface area (Å²) in [5.74, 6) is 0.00109. The molecule has 0 bridgehead atoms. The van der Waals surface area contributed by atoms with Crippen LogP contribution in [0.4, 0.5) is 9.18 Å². The molecule has 3 atom stereocenters. The summed E-state index contributed by atoms with van der Waals surface area (Å²) in [4.78, 5) is 14.4. The molecule has 1 saturated heterocycles. The van der Waals surface area contributed by atoms with Crippen LogP contribution in [0.3, 0.4) is 0 Å². The van der Waals surface area contributed by atoms with Gasteiger partial charge in [-0.05, 0) is 39.2 Å². The predicted molar refractivity (Wildman–Crippen MR) is 93.7 cm³/mol. The van der Waals surface area contributed by atoms with Crippen molar-refractivity contribution in [1.82, 2.24) is 10.2 Å². The lowest BCUT2D eigenvalue weighted by Gasteiger charge is -2.33. The van der Waals surface area contributed by atoms with Crippen LogP contribution in [0.1, 0.15) is 46.2 Å². The molecule has 1 aromatic rings. The number of benzene rings is 1. The van der Waals surface area contributed by atoms with Crippen LogP contribution >= 0.6 is 0 Å². The summed E-state index contributed by atoms with van der Waals surface area (Å²) in [6.45, 7) is 10.1. The highest BCUT2D eigenvalue weighted by molar-refractivity contribution is 5.69. The van der Waals surface area contributed by atoms with Crippen LogP contribution in [0.15, 0.2) is 30.3 Å². The zero-order valence-corrected chi connectivity index (χ0v) is 15.3. The fraction of sp³-hybridized carbons (Fsp3) is 0.632. The van der Waals surface area contributed by atoms with E-state index in [0.29, 0.717) is 6.54 Å². The van der Waals surface area contributed by atoms with E-state index < -0.39 is 23.9 Å². The molecule has 0 radical (unpaired) electrons. The number of amides is 1. The Kier molecular flexibility index (Phi) is 5.53. The molecule has 1 unspecified atom stereocenters. The lowest BCUT2D eigenvalue weighted by Crippen LogP contribution is -2.56. The molecule has 1 N–H and O–H groups in total. The van der Waals surface area contributed by atoms with Crippen LogP contribution in [0.5, 0.6) is 0 Å². The summed E-state index contributed by atoms with van der Waals surface area (Å²) in [6, 6.07) is 10.3. The summed E-state index contributed by atoms with van der Waals surface area (Å²) in [6.07, 6.45) is -0.554. The summed E-state index contributed by atoms with van der Waals surface area (Å²) in [5.41, 5.74) is -0.303. The zero-order chi connectivity index (χ0) is 18.0. The van der Waals surface area contributed by atoms with Crippen molar-refractivity contribution in [2.45, 2.75) is 51.8 Å². The molecule has 0 aliphatic carbocycles. The van der Waals surface area contributed by atoms with Crippen molar-refractivity contribution < 1.29 is 13.9 Å². The third kappa shape index (κ3) is 4.26. The summed E-state index contributed by atoms with van der Waals surface area (Å²) in [7, 11) is 0. The van der Waals surface area contributed by atoms with Crippen molar-refractivity contribution in [3.8, 4) is 0 Å². The van der Waals surface area contributed by atoms with Gasteiger partial charge in [0.15, 0.2) is 0 Å². The Labute approximate surface area is 144 Å². The van der Waals surface area contributed by atoms with E-state index in [2.05, 4.69) is 29.3 Å². The third-order valence-electron chi connectivity index (χ3n) is 4.75. The van der Waals surface area contributed by atoms with Gasteiger partial charge in [0.25, 0.3) is 0 Å². The van der Waals surface area contributed by atoms with Crippen molar-refractivity contribution in [1.29, 1.82) is 0 Å². The standard InChI is InChI=1S/C19H29FN2O2/c1-14-11-22(15(2)16-9-7-6-8-10-16)13-19(14,12-20)21-17(23)24-18(3,4)5/h6-10,14-15H,11-13H2,1-5H3,(H,21,23)/t14?,15-,19+/m1/s1. The SMILES string of the molecule is CC1CN([C@H](C)c2ccccc2)C[C@]1(CF)NC(=O)OC(C)(C)C. The third-order valence-corrected chi connectivity index (χ3v) is 4.75. The number of carbonyl (C=O) groups excluding carboxylic acids is 1. The van der Waals surface area contributed by atoms with E-state index in [1.54, 1.807) is 20.8 Å². The minimum absolute atomic E-state index is 0.00109. The normalized spacial score (nSPS) is 26.2. The molecular weight excluding hydrogens is 307 g/mol. The van der Waals surface area contributed by atoms with Crippen LogP contribution < -0.4 is 5.32 Å². The van der Waals surface area contributed by atoms with E-state index >= 15 is 0 Å². The van der Waals surface area contributed by atoms with Gasteiger partial charge in [-0.2, -0.15) is 0 Å². The molecule has 4 nitrogen and oxygen atoms in total. The van der Waals surface area contributed by atoms with Gasteiger partial charge >= 0.3 is 6.09 Å². The number of nitrogens with one attached hydrogen (secondary N) is 1. The Morgan fingerprint density at radius 2 is 2.04 bits per heavy atom. The molecule has 0 saturated carbocycles. The summed E-state index contributed by atoms with van der Waals surface area (Å²) < 4.78 is 19.3. The highest BCUT2D eigenvalue weighted by Gasteiger charge is 2.47. The van der Waals surface area contributed by atoms with E-state index in [0.717, 1.165) is 6.54 Å². The quantitative estimate of drug-likeness (QED) is 0.906. The Morgan fingerprint density at radius 3 is 2.58 bits per heavy atom. The minimum Gasteiger partial charge on any atom is -0.444 e. The molecule has 24 heavy (non-hydrogen) atoms. The van der Waals surface area contributed by atoms with Crippen molar-refractivity contribution in [3.05, 3.63) is 35.9 Å². The van der Waals surface area contributed by atoms with Crippen LogP contribution in [-0.4, -0.2) is 41.9 Å². The van der Waals surface area contributed by atoms with Gasteiger partial charge in [-0.25, -0.2) is 9.18 Å². The van der Waals surface area contributed by atoms with Crippen molar-refractivity contribution in [2.75, 3.05) is 19.8 Å². The summed E-state index contributed by atoms with van der Waals surface area (Å²) in [5, 5.41) is 2.81. The minimum atomic E-state index is -0.897. The van der Waals surface area contributed by atoms with E-state index in [4.69, 9.17) is 4.74 Å². The van der Waals surface area contributed by atoms with Gasteiger partial charge < -0.3 is 10.1 Å². The van der Waals surface area contributed by atoms with Gasteiger partial charge in [0.05, 0.1) is 5.54 Å². The molecular formula is C19H29FN2O2. The maximum absolute atomic E-state index is 13.9. The lowest BCUT2D eigenvalue weighted by atomic mass is 9.90. The molecule has 2 rings (SSSR count). The van der Waals surface area contributed by atoms with Gasteiger partial charge in [-0.3, -0.25) is 4.90 Å². The van der Waals surface area contributed by atoms with Gasteiger partial charge in [0, 0.05) is 19.1 Å². The van der Waals surface area contributed by atoms with Crippen molar-refractivity contribution >= 4 is 6.09 Å². The Bertz CT molecular complexity index is 558. The number of ether oxygens (including phenoxy) is 1. The highest BCUT2D eigenvalue weighted by atomic mass is 19.1. The Balaban J connectivity index is 2.10. The average molecular weight is 336 g/mol. The summed E-state index contributed by atoms with van der Waals surface area (Å²) >= 11 is 0. The fourth-order valence-corrected chi connectivity index (χ4v) is 3.22. The van der Waals surface area contributed by atoms with E-state index in [-0.39, 0.29) is 12.0 Å². The Morgan fingerprint density at radius 1 is 1.42 bits per heavy atom. The van der Waals surface area contributed by atoms with Crippen molar-refractivity contribution in [2.24, 2.45) is 5.92 Å². The largest absolute Gasteiger partial charge is 0.444 e. The van der Waals surface area contributed by atoms with Crippen LogP contribution in [0, 0.1) is 5.92 Å². The number of alkyl carbamates (subject to hydrolysis) is 1.